The Balaban J connectivity index is 1.70. The van der Waals surface area contributed by atoms with E-state index in [1.54, 1.807) is 17.6 Å². The molecule has 1 amide bonds. The third kappa shape index (κ3) is 5.73. The summed E-state index contributed by atoms with van der Waals surface area (Å²) < 4.78 is 47.1. The molecule has 2 aliphatic rings. The Bertz CT molecular complexity index is 982. The van der Waals surface area contributed by atoms with Gasteiger partial charge in [0.2, 0.25) is 10.0 Å². The second-order valence-electron chi connectivity index (χ2n) is 10.3. The summed E-state index contributed by atoms with van der Waals surface area (Å²) >= 11 is 0. The van der Waals surface area contributed by atoms with Gasteiger partial charge >= 0.3 is 0 Å². The summed E-state index contributed by atoms with van der Waals surface area (Å²) in [5.41, 5.74) is 2.12. The lowest BCUT2D eigenvalue weighted by atomic mass is 9.91. The highest BCUT2D eigenvalue weighted by atomic mass is 32.2. The predicted molar refractivity (Wildman–Crippen MR) is 133 cm³/mol. The Morgan fingerprint density at radius 1 is 1.14 bits per heavy atom. The van der Waals surface area contributed by atoms with Crippen LogP contribution in [0.15, 0.2) is 18.2 Å². The topological polar surface area (TPSA) is 102 Å². The van der Waals surface area contributed by atoms with E-state index in [-0.39, 0.29) is 37.2 Å². The van der Waals surface area contributed by atoms with E-state index < -0.39 is 26.5 Å². The number of benzene rings is 1. The van der Waals surface area contributed by atoms with Gasteiger partial charge in [-0.2, -0.15) is 4.31 Å². The van der Waals surface area contributed by atoms with Crippen LogP contribution >= 0.6 is 0 Å². The minimum atomic E-state index is -4.05. The van der Waals surface area contributed by atoms with Crippen LogP contribution in [0.5, 0.6) is 5.75 Å². The Labute approximate surface area is 208 Å². The number of rotatable bonds is 8. The lowest BCUT2D eigenvalue weighted by molar-refractivity contribution is -0.133. The molecular weight excluding hydrogens is 475 g/mol. The Kier molecular flexibility index (Phi) is 8.67. The number of piperazine rings is 1. The number of piperidine rings is 1. The summed E-state index contributed by atoms with van der Waals surface area (Å²) in [5.74, 6) is -1.12. The summed E-state index contributed by atoms with van der Waals surface area (Å²) in [5, 5.41) is 9.40. The monoisotopic (exact) mass is 514 g/mol. The average Bonchev–Trinajstić information content (AvgIpc) is 2.84. The average molecular weight is 515 g/mol. The van der Waals surface area contributed by atoms with Crippen LogP contribution < -0.4 is 15.1 Å². The predicted octanol–water partition coefficient (Wildman–Crippen LogP) is 2.59. The quantitative estimate of drug-likeness (QED) is 0.312. The zero-order valence-corrected chi connectivity index (χ0v) is 22.0. The molecule has 11 heteroatoms. The third-order valence-electron chi connectivity index (χ3n) is 7.14. The molecule has 3 rings (SSSR count). The molecule has 0 bridgehead atoms. The summed E-state index contributed by atoms with van der Waals surface area (Å²) in [4.78, 5) is 16.8. The van der Waals surface area contributed by atoms with Crippen LogP contribution in [0.2, 0.25) is 0 Å². The second-order valence-corrected chi connectivity index (χ2v) is 12.5. The van der Waals surface area contributed by atoms with Crippen molar-refractivity contribution in [2.45, 2.75) is 63.7 Å². The highest BCUT2D eigenvalue weighted by Gasteiger charge is 2.55. The van der Waals surface area contributed by atoms with Crippen LogP contribution in [0.3, 0.4) is 0 Å². The number of hydroxylamine groups is 1. The molecule has 2 heterocycles. The smallest absolute Gasteiger partial charge is 0.266 e. The van der Waals surface area contributed by atoms with E-state index in [1.165, 1.54) is 10.4 Å². The first kappa shape index (κ1) is 27.6. The van der Waals surface area contributed by atoms with Gasteiger partial charge in [-0.25, -0.2) is 18.3 Å². The molecule has 0 unspecified atom stereocenters. The van der Waals surface area contributed by atoms with Gasteiger partial charge in [0.15, 0.2) is 16.3 Å². The number of ether oxygens (including phenoxy) is 1. The first-order chi connectivity index (χ1) is 16.5. The van der Waals surface area contributed by atoms with Gasteiger partial charge in [-0.3, -0.25) is 14.9 Å². The number of anilines is 1. The van der Waals surface area contributed by atoms with Gasteiger partial charge in [0, 0.05) is 56.6 Å². The number of nitrogens with zero attached hydrogens (tertiary/aromatic N) is 3. The zero-order valence-electron chi connectivity index (χ0n) is 21.2. The van der Waals surface area contributed by atoms with Crippen LogP contribution in [0, 0.1) is 5.82 Å². The molecule has 1 aromatic rings. The van der Waals surface area contributed by atoms with Crippen molar-refractivity contribution in [3.05, 3.63) is 24.0 Å². The van der Waals surface area contributed by atoms with E-state index in [9.17, 15) is 22.8 Å². The highest BCUT2D eigenvalue weighted by molar-refractivity contribution is 7.91. The molecule has 0 saturated carbocycles. The molecule has 2 aliphatic heterocycles. The first-order valence-electron chi connectivity index (χ1n) is 12.3. The number of amides is 1. The van der Waals surface area contributed by atoms with Crippen molar-refractivity contribution >= 4 is 21.6 Å². The van der Waals surface area contributed by atoms with E-state index in [0.717, 1.165) is 12.8 Å². The molecule has 0 aromatic heterocycles. The van der Waals surface area contributed by atoms with Crippen molar-refractivity contribution in [2.24, 2.45) is 0 Å². The SMILES string of the molecule is CCCCOc1ccc(N2CCN(S(=O)(=O)C3(C(=O)NO)CCN(C(C)(C)C)CC3)CC2)cc1F. The Morgan fingerprint density at radius 3 is 2.29 bits per heavy atom. The first-order valence-corrected chi connectivity index (χ1v) is 13.8. The van der Waals surface area contributed by atoms with Crippen LogP contribution in [0.1, 0.15) is 53.4 Å². The highest BCUT2D eigenvalue weighted by Crippen LogP contribution is 2.36. The molecule has 0 aliphatic carbocycles. The fraction of sp³-hybridized carbons (Fsp3) is 0.708. The zero-order chi connectivity index (χ0) is 25.9. The van der Waals surface area contributed by atoms with Gasteiger partial charge in [0.05, 0.1) is 6.61 Å². The number of likely N-dealkylation sites (tertiary alicyclic amines) is 1. The number of unbranched alkanes of at least 4 members (excludes halogenated alkanes) is 1. The van der Waals surface area contributed by atoms with E-state index in [0.29, 0.717) is 38.5 Å². The Hall–Kier alpha value is -1.95. The minimum Gasteiger partial charge on any atom is -0.491 e. The van der Waals surface area contributed by atoms with Crippen molar-refractivity contribution in [3.63, 3.8) is 0 Å². The van der Waals surface area contributed by atoms with Gasteiger partial charge in [-0.05, 0) is 52.2 Å². The number of carbonyl (C=O) groups excluding carboxylic acids is 1. The van der Waals surface area contributed by atoms with Crippen molar-refractivity contribution in [2.75, 3.05) is 50.8 Å². The maximum absolute atomic E-state index is 14.5. The molecule has 0 spiro atoms. The molecule has 0 radical (unpaired) electrons. The van der Waals surface area contributed by atoms with Crippen molar-refractivity contribution in [3.8, 4) is 5.75 Å². The van der Waals surface area contributed by atoms with E-state index in [4.69, 9.17) is 4.74 Å². The van der Waals surface area contributed by atoms with Gasteiger partial charge in [-0.15, -0.1) is 0 Å². The lowest BCUT2D eigenvalue weighted by Crippen LogP contribution is -2.64. The number of hydrogen-bond donors (Lipinski definition) is 2. The summed E-state index contributed by atoms with van der Waals surface area (Å²) in [7, 11) is -4.05. The summed E-state index contributed by atoms with van der Waals surface area (Å²) in [6.45, 7) is 10.6. The molecule has 198 valence electrons. The maximum atomic E-state index is 14.5. The summed E-state index contributed by atoms with van der Waals surface area (Å²) in [6.07, 6.45) is 2.01. The molecular formula is C24H39FN4O5S. The number of carbonyl (C=O) groups is 1. The van der Waals surface area contributed by atoms with Crippen LogP contribution in [0.25, 0.3) is 0 Å². The Morgan fingerprint density at radius 2 is 1.77 bits per heavy atom. The number of nitrogens with one attached hydrogen (secondary N) is 1. The molecule has 1 aromatic carbocycles. The van der Waals surface area contributed by atoms with E-state index >= 15 is 0 Å². The van der Waals surface area contributed by atoms with Gasteiger partial charge in [0.25, 0.3) is 5.91 Å². The molecule has 0 atom stereocenters. The second kappa shape index (κ2) is 11.0. The van der Waals surface area contributed by atoms with Crippen LogP contribution in [0.4, 0.5) is 10.1 Å². The standard InChI is InChI=1S/C24H39FN4O5S/c1-5-6-17-34-21-8-7-19(18-20(21)25)27-13-15-29(16-14-27)35(32,33)24(22(30)26-31)9-11-28(12-10-24)23(2,3)4/h7-8,18,31H,5-6,9-17H2,1-4H3,(H,26,30). The third-order valence-corrected chi connectivity index (χ3v) is 9.77. The minimum absolute atomic E-state index is 0.101. The van der Waals surface area contributed by atoms with Gasteiger partial charge < -0.3 is 9.64 Å². The van der Waals surface area contributed by atoms with Gasteiger partial charge in [0.1, 0.15) is 0 Å². The summed E-state index contributed by atoms with van der Waals surface area (Å²) in [6, 6.07) is 4.79. The van der Waals surface area contributed by atoms with Crippen molar-refractivity contribution in [1.82, 2.24) is 14.7 Å². The van der Waals surface area contributed by atoms with Crippen molar-refractivity contribution < 1.29 is 27.5 Å². The number of halogens is 1. The molecule has 35 heavy (non-hydrogen) atoms. The number of hydrogen-bond acceptors (Lipinski definition) is 7. The van der Waals surface area contributed by atoms with Crippen molar-refractivity contribution in [1.29, 1.82) is 0 Å². The lowest BCUT2D eigenvalue weighted by Gasteiger charge is -2.47. The van der Waals surface area contributed by atoms with Crippen LogP contribution in [-0.4, -0.2) is 84.9 Å². The van der Waals surface area contributed by atoms with E-state index in [1.807, 2.05) is 32.6 Å². The fourth-order valence-corrected chi connectivity index (χ4v) is 6.92. The molecule has 2 N–H and O–H groups in total. The fourth-order valence-electron chi connectivity index (χ4n) is 4.81. The molecule has 2 fully saturated rings. The normalized spacial score (nSPS) is 20.0. The maximum Gasteiger partial charge on any atom is 0.266 e. The number of sulfonamides is 1. The van der Waals surface area contributed by atoms with Gasteiger partial charge in [-0.1, -0.05) is 13.3 Å². The molecule has 9 nitrogen and oxygen atoms in total. The van der Waals surface area contributed by atoms with E-state index in [2.05, 4.69) is 4.90 Å². The largest absolute Gasteiger partial charge is 0.491 e. The molecule has 2 saturated heterocycles. The van der Waals surface area contributed by atoms with Crippen LogP contribution in [-0.2, 0) is 14.8 Å².